The van der Waals surface area contributed by atoms with E-state index in [-0.39, 0.29) is 41.8 Å². The molecule has 0 saturated carbocycles. The molecule has 1 N–H and O–H groups in total. The Hall–Kier alpha value is -4.39. The number of aromatic nitrogens is 4. The van der Waals surface area contributed by atoms with E-state index in [0.717, 1.165) is 17.5 Å². The van der Waals surface area contributed by atoms with Gasteiger partial charge >= 0.3 is 12.1 Å². The number of alkyl halides is 3. The van der Waals surface area contributed by atoms with Gasteiger partial charge in [-0.1, -0.05) is 31.2 Å². The largest absolute Gasteiger partial charge is 0.480 e. The molecular weight excluding hydrogens is 555 g/mol. The Morgan fingerprint density at radius 1 is 1.10 bits per heavy atom. The monoisotopic (exact) mass is 581 g/mol. The number of nitrogens with zero attached hydrogens (tertiary/aromatic N) is 5. The van der Waals surface area contributed by atoms with E-state index in [1.807, 2.05) is 28.8 Å². The number of rotatable bonds is 5. The highest BCUT2D eigenvalue weighted by molar-refractivity contribution is 6.06. The molecule has 2 aliphatic rings. The van der Waals surface area contributed by atoms with Crippen molar-refractivity contribution in [3.05, 3.63) is 54.4 Å². The molecule has 0 spiro atoms. The standard InChI is InChI=1S/C29H26F3N5O5/c1-15-14-40-11-10-19(15)37-20-8-4-3-7-18(20)33-28(37)41-16-12-21(26(38)39)36(13-16)25-24-23(34-27(35-25)29(30,31)32)17-6-2-5-9-22(17)42-24/h2-9,15-16,19,21H,10-14H2,1H3,(H,38,39)/t15?,16-,19+,21-/m0/s1. The Kier molecular flexibility index (Phi) is 6.22. The summed E-state index contributed by atoms with van der Waals surface area (Å²) < 4.78 is 61.8. The summed E-state index contributed by atoms with van der Waals surface area (Å²) in [6, 6.07) is 13.3. The molecule has 0 aliphatic carbocycles. The molecule has 2 aliphatic heterocycles. The number of halogens is 3. The number of imidazole rings is 1. The average Bonchev–Trinajstić information content (AvgIpc) is 3.66. The number of benzene rings is 2. The van der Waals surface area contributed by atoms with Crippen LogP contribution in [-0.4, -0.2) is 62.5 Å². The predicted molar refractivity (Wildman–Crippen MR) is 145 cm³/mol. The van der Waals surface area contributed by atoms with Crippen LogP contribution in [0.15, 0.2) is 52.9 Å². The van der Waals surface area contributed by atoms with Crippen molar-refractivity contribution in [1.82, 2.24) is 19.5 Å². The molecule has 2 fully saturated rings. The Morgan fingerprint density at radius 3 is 2.67 bits per heavy atom. The summed E-state index contributed by atoms with van der Waals surface area (Å²) >= 11 is 0. The topological polar surface area (TPSA) is 116 Å². The van der Waals surface area contributed by atoms with Gasteiger partial charge in [-0.25, -0.2) is 14.8 Å². The number of fused-ring (bicyclic) bond motifs is 4. The van der Waals surface area contributed by atoms with Crippen molar-refractivity contribution >= 4 is 44.9 Å². The highest BCUT2D eigenvalue weighted by Gasteiger charge is 2.44. The zero-order valence-electron chi connectivity index (χ0n) is 22.4. The fourth-order valence-electron chi connectivity index (χ4n) is 6.08. The van der Waals surface area contributed by atoms with Crippen LogP contribution in [0.2, 0.25) is 0 Å². The number of para-hydroxylation sites is 3. The van der Waals surface area contributed by atoms with Crippen LogP contribution in [0.25, 0.3) is 33.1 Å². The van der Waals surface area contributed by atoms with E-state index in [9.17, 15) is 23.1 Å². The molecule has 2 aromatic carbocycles. The van der Waals surface area contributed by atoms with Gasteiger partial charge in [0.2, 0.25) is 5.82 Å². The first-order valence-electron chi connectivity index (χ1n) is 13.7. The Bertz CT molecular complexity index is 1820. The fraction of sp³-hybridized carbons (Fsp3) is 0.379. The van der Waals surface area contributed by atoms with E-state index in [0.29, 0.717) is 30.2 Å². The SMILES string of the molecule is CC1COCC[C@H]1n1c(O[C@H]2C[C@@H](C(=O)O)N(c3nc(C(F)(F)F)nc4c3oc3ccccc34)C2)nc2ccccc21. The lowest BCUT2D eigenvalue weighted by atomic mass is 9.97. The van der Waals surface area contributed by atoms with Crippen LogP contribution in [0, 0.1) is 5.92 Å². The third-order valence-corrected chi connectivity index (χ3v) is 8.04. The fourth-order valence-corrected chi connectivity index (χ4v) is 6.08. The maximum Gasteiger partial charge on any atom is 0.451 e. The van der Waals surface area contributed by atoms with Gasteiger partial charge in [0.15, 0.2) is 11.4 Å². The van der Waals surface area contributed by atoms with Gasteiger partial charge in [0.25, 0.3) is 6.01 Å². The second kappa shape index (κ2) is 9.86. The third kappa shape index (κ3) is 4.39. The van der Waals surface area contributed by atoms with Crippen molar-refractivity contribution in [3.8, 4) is 6.01 Å². The van der Waals surface area contributed by atoms with Crippen molar-refractivity contribution in [2.75, 3.05) is 24.7 Å². The van der Waals surface area contributed by atoms with E-state index in [2.05, 4.69) is 16.9 Å². The lowest BCUT2D eigenvalue weighted by Gasteiger charge is -2.31. The van der Waals surface area contributed by atoms with Crippen molar-refractivity contribution in [2.45, 2.75) is 44.1 Å². The maximum absolute atomic E-state index is 13.9. The number of carboxylic acid groups (broad SMARTS) is 1. The van der Waals surface area contributed by atoms with Gasteiger partial charge < -0.3 is 23.9 Å². The Labute approximate surface area is 236 Å². The maximum atomic E-state index is 13.9. The third-order valence-electron chi connectivity index (χ3n) is 8.04. The summed E-state index contributed by atoms with van der Waals surface area (Å²) in [5.41, 5.74) is 1.88. The highest BCUT2D eigenvalue weighted by Crippen LogP contribution is 2.40. The van der Waals surface area contributed by atoms with E-state index in [4.69, 9.17) is 18.9 Å². The average molecular weight is 582 g/mol. The van der Waals surface area contributed by atoms with Crippen LogP contribution in [-0.2, 0) is 15.7 Å². The van der Waals surface area contributed by atoms with Crippen LogP contribution < -0.4 is 9.64 Å². The number of carbonyl (C=O) groups is 1. The van der Waals surface area contributed by atoms with E-state index in [1.165, 1.54) is 4.90 Å². The number of carboxylic acids is 1. The zero-order valence-corrected chi connectivity index (χ0v) is 22.4. The van der Waals surface area contributed by atoms with Crippen LogP contribution in [0.3, 0.4) is 0 Å². The first-order chi connectivity index (χ1) is 20.2. The molecule has 0 amide bonds. The smallest absolute Gasteiger partial charge is 0.451 e. The highest BCUT2D eigenvalue weighted by atomic mass is 19.4. The minimum atomic E-state index is -4.86. The van der Waals surface area contributed by atoms with Gasteiger partial charge in [-0.2, -0.15) is 18.2 Å². The molecular formula is C29H26F3N5O5. The molecule has 13 heteroatoms. The van der Waals surface area contributed by atoms with E-state index >= 15 is 0 Å². The van der Waals surface area contributed by atoms with E-state index in [1.54, 1.807) is 24.3 Å². The molecule has 42 heavy (non-hydrogen) atoms. The normalized spacial score (nSPS) is 23.3. The molecule has 218 valence electrons. The number of ether oxygens (including phenoxy) is 2. The van der Waals surface area contributed by atoms with Gasteiger partial charge in [0.1, 0.15) is 23.2 Å². The number of hydrogen-bond donors (Lipinski definition) is 1. The second-order valence-corrected chi connectivity index (χ2v) is 10.8. The number of hydrogen-bond acceptors (Lipinski definition) is 8. The first-order valence-corrected chi connectivity index (χ1v) is 13.7. The van der Waals surface area contributed by atoms with Crippen LogP contribution >= 0.6 is 0 Å². The van der Waals surface area contributed by atoms with Crippen LogP contribution in [0.4, 0.5) is 19.0 Å². The minimum Gasteiger partial charge on any atom is -0.480 e. The first kappa shape index (κ1) is 26.5. The van der Waals surface area contributed by atoms with Gasteiger partial charge in [0, 0.05) is 30.4 Å². The number of anilines is 1. The van der Waals surface area contributed by atoms with Crippen LogP contribution in [0.1, 0.15) is 31.6 Å². The molecule has 5 heterocycles. The van der Waals surface area contributed by atoms with Gasteiger partial charge in [-0.15, -0.1) is 0 Å². The summed E-state index contributed by atoms with van der Waals surface area (Å²) in [7, 11) is 0. The minimum absolute atomic E-state index is 0.00501. The zero-order chi connectivity index (χ0) is 29.2. The molecule has 0 radical (unpaired) electrons. The second-order valence-electron chi connectivity index (χ2n) is 10.8. The molecule has 7 rings (SSSR count). The summed E-state index contributed by atoms with van der Waals surface area (Å²) in [6.45, 7) is 3.20. The molecule has 2 saturated heterocycles. The number of furan rings is 1. The van der Waals surface area contributed by atoms with Gasteiger partial charge in [0.05, 0.1) is 24.2 Å². The molecule has 4 atom stereocenters. The summed E-state index contributed by atoms with van der Waals surface area (Å²) in [5.74, 6) is -2.66. The van der Waals surface area contributed by atoms with Gasteiger partial charge in [-0.3, -0.25) is 4.57 Å². The lowest BCUT2D eigenvalue weighted by Crippen LogP contribution is -2.37. The number of aliphatic carboxylic acids is 1. The summed E-state index contributed by atoms with van der Waals surface area (Å²) in [6.07, 6.45) is -4.83. The summed E-state index contributed by atoms with van der Waals surface area (Å²) in [4.78, 5) is 26.0. The quantitative estimate of drug-likeness (QED) is 0.289. The van der Waals surface area contributed by atoms with Crippen molar-refractivity contribution < 1.29 is 37.0 Å². The Morgan fingerprint density at radius 2 is 1.88 bits per heavy atom. The van der Waals surface area contributed by atoms with E-state index < -0.39 is 30.1 Å². The molecule has 3 aromatic heterocycles. The van der Waals surface area contributed by atoms with Crippen LogP contribution in [0.5, 0.6) is 6.01 Å². The predicted octanol–water partition coefficient (Wildman–Crippen LogP) is 5.45. The molecule has 10 nitrogen and oxygen atoms in total. The van der Waals surface area contributed by atoms with Gasteiger partial charge in [-0.05, 0) is 30.7 Å². The summed E-state index contributed by atoms with van der Waals surface area (Å²) in [5, 5.41) is 10.5. The van der Waals surface area contributed by atoms with Crippen molar-refractivity contribution in [2.24, 2.45) is 5.92 Å². The molecule has 0 bridgehead atoms. The van der Waals surface area contributed by atoms with Crippen molar-refractivity contribution in [1.29, 1.82) is 0 Å². The lowest BCUT2D eigenvalue weighted by molar-refractivity contribution is -0.144. The van der Waals surface area contributed by atoms with Crippen molar-refractivity contribution in [3.63, 3.8) is 0 Å². The Balaban J connectivity index is 1.30. The molecule has 1 unspecified atom stereocenters. The molecule has 5 aromatic rings.